The van der Waals surface area contributed by atoms with Crippen molar-refractivity contribution < 1.29 is 19.5 Å². The average molecular weight is 370 g/mol. The van der Waals surface area contributed by atoms with E-state index < -0.39 is 11.8 Å². The topological polar surface area (TPSA) is 78.9 Å². The predicted molar refractivity (Wildman–Crippen MR) is 102 cm³/mol. The Bertz CT molecular complexity index is 730. The van der Waals surface area contributed by atoms with Crippen molar-refractivity contribution >= 4 is 11.8 Å². The highest BCUT2D eigenvalue weighted by Gasteiger charge is 2.16. The predicted octanol–water partition coefficient (Wildman–Crippen LogP) is 3.15. The van der Waals surface area contributed by atoms with Crippen molar-refractivity contribution in [3.05, 3.63) is 65.7 Å². The highest BCUT2D eigenvalue weighted by molar-refractivity contribution is 5.96. The molecule has 2 aromatic rings. The van der Waals surface area contributed by atoms with Crippen molar-refractivity contribution in [1.82, 2.24) is 10.4 Å². The van der Waals surface area contributed by atoms with Crippen LogP contribution in [0.15, 0.2) is 54.6 Å². The second kappa shape index (κ2) is 10.3. The van der Waals surface area contributed by atoms with Crippen LogP contribution >= 0.6 is 0 Å². The minimum atomic E-state index is -0.638. The number of ether oxygens (including phenoxy) is 1. The van der Waals surface area contributed by atoms with Crippen LogP contribution in [0.2, 0.25) is 0 Å². The van der Waals surface area contributed by atoms with E-state index in [1.807, 2.05) is 44.2 Å². The third-order valence-corrected chi connectivity index (χ3v) is 3.81. The summed E-state index contributed by atoms with van der Waals surface area (Å²) in [6.07, 6.45) is -0.374. The van der Waals surface area contributed by atoms with Crippen LogP contribution in [0, 0.1) is 5.92 Å². The van der Waals surface area contributed by atoms with Crippen LogP contribution in [-0.2, 0) is 22.7 Å². The molecule has 0 atom stereocenters. The molecule has 0 spiro atoms. The molecule has 0 aliphatic heterocycles. The Hall–Kier alpha value is -2.86. The quantitative estimate of drug-likeness (QED) is 0.404. The smallest absolute Gasteiger partial charge is 0.255 e. The van der Waals surface area contributed by atoms with Gasteiger partial charge in [-0.25, -0.2) is 5.06 Å². The highest BCUT2D eigenvalue weighted by Crippen LogP contribution is 2.15. The summed E-state index contributed by atoms with van der Waals surface area (Å²) in [6, 6.07) is 17.0. The second-order valence-electron chi connectivity index (χ2n) is 6.74. The molecule has 0 bridgehead atoms. The lowest BCUT2D eigenvalue weighted by Gasteiger charge is -2.15. The first-order chi connectivity index (χ1) is 12.9. The van der Waals surface area contributed by atoms with E-state index in [0.29, 0.717) is 29.9 Å². The molecule has 2 aromatic carbocycles. The maximum absolute atomic E-state index is 11.9. The summed E-state index contributed by atoms with van der Waals surface area (Å²) >= 11 is 0. The molecule has 2 N–H and O–H groups in total. The Morgan fingerprint density at radius 2 is 1.70 bits per heavy atom. The number of nitrogens with one attached hydrogen (secondary N) is 1. The van der Waals surface area contributed by atoms with Crippen LogP contribution < -0.4 is 10.1 Å². The molecule has 2 amide bonds. The molecule has 0 heterocycles. The van der Waals surface area contributed by atoms with Crippen molar-refractivity contribution in [2.24, 2.45) is 5.92 Å². The van der Waals surface area contributed by atoms with Crippen LogP contribution in [0.1, 0.15) is 31.4 Å². The van der Waals surface area contributed by atoms with Crippen LogP contribution in [0.4, 0.5) is 0 Å². The van der Waals surface area contributed by atoms with Crippen molar-refractivity contribution in [1.29, 1.82) is 0 Å². The molecule has 0 saturated heterocycles. The number of rotatable bonds is 9. The van der Waals surface area contributed by atoms with E-state index in [1.165, 1.54) is 0 Å². The summed E-state index contributed by atoms with van der Waals surface area (Å²) in [5, 5.41) is 13.1. The van der Waals surface area contributed by atoms with Crippen LogP contribution in [0.25, 0.3) is 0 Å². The Morgan fingerprint density at radius 1 is 1.04 bits per heavy atom. The third kappa shape index (κ3) is 7.50. The van der Waals surface area contributed by atoms with Gasteiger partial charge in [0.15, 0.2) is 0 Å². The molecule has 2 rings (SSSR count). The van der Waals surface area contributed by atoms with Crippen molar-refractivity contribution in [2.75, 3.05) is 6.54 Å². The molecule has 0 aliphatic rings. The van der Waals surface area contributed by atoms with Gasteiger partial charge in [0, 0.05) is 6.54 Å². The van der Waals surface area contributed by atoms with E-state index in [2.05, 4.69) is 5.32 Å². The molecule has 6 heteroatoms. The maximum Gasteiger partial charge on any atom is 0.255 e. The SMILES string of the molecule is CC(C)CNC(=O)CC(=O)N(O)Cc1ccc(OCc2ccccc2)cc1. The van der Waals surface area contributed by atoms with E-state index in [9.17, 15) is 14.8 Å². The zero-order valence-corrected chi connectivity index (χ0v) is 15.7. The molecule has 0 aliphatic carbocycles. The Labute approximate surface area is 159 Å². The fourth-order valence-electron chi connectivity index (χ4n) is 2.30. The molecular weight excluding hydrogens is 344 g/mol. The molecule has 6 nitrogen and oxygen atoms in total. The number of nitrogens with zero attached hydrogens (tertiary/aromatic N) is 1. The number of carbonyl (C=O) groups is 2. The number of carbonyl (C=O) groups excluding carboxylic acids is 2. The van der Waals surface area contributed by atoms with Gasteiger partial charge in [0.25, 0.3) is 5.91 Å². The molecule has 27 heavy (non-hydrogen) atoms. The molecule has 0 saturated carbocycles. The molecule has 0 radical (unpaired) electrons. The van der Waals surface area contributed by atoms with E-state index in [-0.39, 0.29) is 13.0 Å². The molecule has 0 aromatic heterocycles. The van der Waals surface area contributed by atoms with Gasteiger partial charge >= 0.3 is 0 Å². The number of amides is 2. The number of hydrogen-bond donors (Lipinski definition) is 2. The fourth-order valence-corrected chi connectivity index (χ4v) is 2.30. The largest absolute Gasteiger partial charge is 0.489 e. The maximum atomic E-state index is 11.9. The van der Waals surface area contributed by atoms with Gasteiger partial charge in [0.1, 0.15) is 18.8 Å². The zero-order chi connectivity index (χ0) is 19.6. The van der Waals surface area contributed by atoms with Gasteiger partial charge in [-0.2, -0.15) is 0 Å². The Morgan fingerprint density at radius 3 is 2.33 bits per heavy atom. The van der Waals surface area contributed by atoms with Crippen molar-refractivity contribution in [2.45, 2.75) is 33.4 Å². The summed E-state index contributed by atoms with van der Waals surface area (Å²) in [4.78, 5) is 23.6. The first-order valence-electron chi connectivity index (χ1n) is 8.95. The van der Waals surface area contributed by atoms with Gasteiger partial charge in [-0.3, -0.25) is 14.8 Å². The van der Waals surface area contributed by atoms with Gasteiger partial charge in [0.05, 0.1) is 6.54 Å². The van der Waals surface area contributed by atoms with Crippen LogP contribution in [0.5, 0.6) is 5.75 Å². The Kier molecular flexibility index (Phi) is 7.82. The summed E-state index contributed by atoms with van der Waals surface area (Å²) < 4.78 is 5.70. The highest BCUT2D eigenvalue weighted by atomic mass is 16.5. The van der Waals surface area contributed by atoms with E-state index in [1.54, 1.807) is 24.3 Å². The lowest BCUT2D eigenvalue weighted by atomic mass is 10.2. The summed E-state index contributed by atoms with van der Waals surface area (Å²) in [5.41, 5.74) is 1.81. The summed E-state index contributed by atoms with van der Waals surface area (Å²) in [5.74, 6) is -0.0264. The minimum absolute atomic E-state index is 0.00919. The van der Waals surface area contributed by atoms with Gasteiger partial charge in [-0.05, 0) is 29.2 Å². The van der Waals surface area contributed by atoms with Gasteiger partial charge in [-0.15, -0.1) is 0 Å². The first-order valence-corrected chi connectivity index (χ1v) is 8.95. The fraction of sp³-hybridized carbons (Fsp3) is 0.333. The normalized spacial score (nSPS) is 10.5. The second-order valence-corrected chi connectivity index (χ2v) is 6.74. The molecular formula is C21H26N2O4. The van der Waals surface area contributed by atoms with Crippen molar-refractivity contribution in [3.63, 3.8) is 0 Å². The van der Waals surface area contributed by atoms with E-state index in [0.717, 1.165) is 11.1 Å². The zero-order valence-electron chi connectivity index (χ0n) is 15.7. The molecule has 0 fully saturated rings. The van der Waals surface area contributed by atoms with Crippen LogP contribution in [0.3, 0.4) is 0 Å². The van der Waals surface area contributed by atoms with Gasteiger partial charge in [0.2, 0.25) is 5.91 Å². The minimum Gasteiger partial charge on any atom is -0.489 e. The lowest BCUT2D eigenvalue weighted by molar-refractivity contribution is -0.169. The van der Waals surface area contributed by atoms with Crippen LogP contribution in [-0.4, -0.2) is 28.6 Å². The van der Waals surface area contributed by atoms with Crippen molar-refractivity contribution in [3.8, 4) is 5.75 Å². The van der Waals surface area contributed by atoms with Gasteiger partial charge < -0.3 is 10.1 Å². The standard InChI is InChI=1S/C21H26N2O4/c1-16(2)13-22-20(24)12-21(25)23(26)14-17-8-10-19(11-9-17)27-15-18-6-4-3-5-7-18/h3-11,16,26H,12-15H2,1-2H3,(H,22,24). The molecule has 0 unspecified atom stereocenters. The third-order valence-electron chi connectivity index (χ3n) is 3.81. The van der Waals surface area contributed by atoms with Gasteiger partial charge in [-0.1, -0.05) is 56.3 Å². The monoisotopic (exact) mass is 370 g/mol. The van der Waals surface area contributed by atoms with E-state index in [4.69, 9.17) is 4.74 Å². The number of hydroxylamine groups is 2. The number of benzene rings is 2. The number of hydrogen-bond acceptors (Lipinski definition) is 4. The Balaban J connectivity index is 1.79. The summed E-state index contributed by atoms with van der Waals surface area (Å²) in [7, 11) is 0. The first kappa shape index (κ1) is 20.5. The lowest BCUT2D eigenvalue weighted by Crippen LogP contribution is -2.34. The van der Waals surface area contributed by atoms with E-state index >= 15 is 0 Å². The average Bonchev–Trinajstić information content (AvgIpc) is 2.66. The molecule has 144 valence electrons. The summed E-state index contributed by atoms with van der Waals surface area (Å²) in [6.45, 7) is 4.91.